The van der Waals surface area contributed by atoms with E-state index in [1.54, 1.807) is 0 Å². The Bertz CT molecular complexity index is 1300. The zero-order chi connectivity index (χ0) is 31.5. The Morgan fingerprint density at radius 2 is 1.09 bits per heavy atom. The van der Waals surface area contributed by atoms with Gasteiger partial charge in [0.05, 0.1) is 26.3 Å². The van der Waals surface area contributed by atoms with Crippen LogP contribution in [0.4, 0.5) is 0 Å². The first-order valence-corrected chi connectivity index (χ1v) is 15.1. The maximum Gasteiger partial charge on any atom is 0.265 e. The van der Waals surface area contributed by atoms with E-state index in [-0.39, 0.29) is 51.3 Å². The molecule has 1 aliphatic heterocycles. The van der Waals surface area contributed by atoms with Gasteiger partial charge in [-0.1, -0.05) is 91.0 Å². The van der Waals surface area contributed by atoms with Crippen LogP contribution in [0.15, 0.2) is 91.0 Å². The standard InChI is InChI=1S/C33H42N6O6/c40-31(35-43-25-28-10-4-1-5-11-28)22-37-18-16-34-17-19-38(21-20-37)24-33(42)39(45-27-30-14-8-3-9-15-30)23-32(41)36-44-26-29-12-6-2-7-13-29/h1-15,34H,16-27H2,(H,35,40)(H,36,41). The van der Waals surface area contributed by atoms with Gasteiger partial charge in [0.15, 0.2) is 0 Å². The molecule has 1 fully saturated rings. The zero-order valence-corrected chi connectivity index (χ0v) is 25.4. The Morgan fingerprint density at radius 1 is 0.622 bits per heavy atom. The predicted molar refractivity (Wildman–Crippen MR) is 167 cm³/mol. The minimum absolute atomic E-state index is 0.0366. The lowest BCUT2D eigenvalue weighted by Crippen LogP contribution is -2.47. The number of hydroxylamine groups is 4. The molecule has 3 aromatic carbocycles. The summed E-state index contributed by atoms with van der Waals surface area (Å²) in [5.41, 5.74) is 7.65. The van der Waals surface area contributed by atoms with E-state index < -0.39 is 5.91 Å². The van der Waals surface area contributed by atoms with Crippen LogP contribution in [0.5, 0.6) is 0 Å². The molecule has 4 rings (SSSR count). The summed E-state index contributed by atoms with van der Waals surface area (Å²) < 4.78 is 0. The lowest BCUT2D eigenvalue weighted by atomic mass is 10.2. The highest BCUT2D eigenvalue weighted by molar-refractivity contribution is 5.84. The van der Waals surface area contributed by atoms with Gasteiger partial charge in [-0.15, -0.1) is 0 Å². The molecule has 12 nitrogen and oxygen atoms in total. The maximum atomic E-state index is 13.5. The summed E-state index contributed by atoms with van der Waals surface area (Å²) in [6.45, 7) is 4.25. The number of benzene rings is 3. The van der Waals surface area contributed by atoms with Gasteiger partial charge in [-0.3, -0.25) is 38.7 Å². The van der Waals surface area contributed by atoms with Crippen LogP contribution in [0.3, 0.4) is 0 Å². The Labute approximate surface area is 264 Å². The second-order valence-corrected chi connectivity index (χ2v) is 10.6. The van der Waals surface area contributed by atoms with Crippen molar-refractivity contribution in [1.82, 2.24) is 31.1 Å². The van der Waals surface area contributed by atoms with Crippen molar-refractivity contribution >= 4 is 17.7 Å². The minimum Gasteiger partial charge on any atom is -0.314 e. The lowest BCUT2D eigenvalue weighted by molar-refractivity contribution is -0.196. The van der Waals surface area contributed by atoms with Crippen LogP contribution in [0, 0.1) is 0 Å². The van der Waals surface area contributed by atoms with Crippen molar-refractivity contribution in [2.75, 3.05) is 58.9 Å². The summed E-state index contributed by atoms with van der Waals surface area (Å²) in [4.78, 5) is 59.3. The molecule has 12 heteroatoms. The quantitative estimate of drug-likeness (QED) is 0.218. The molecule has 0 bridgehead atoms. The van der Waals surface area contributed by atoms with Crippen LogP contribution in [0.2, 0.25) is 0 Å². The summed E-state index contributed by atoms with van der Waals surface area (Å²) in [5.74, 6) is -1.11. The summed E-state index contributed by atoms with van der Waals surface area (Å²) in [6.07, 6.45) is 0. The summed E-state index contributed by atoms with van der Waals surface area (Å²) in [7, 11) is 0. The number of hydrogen-bond donors (Lipinski definition) is 3. The largest absolute Gasteiger partial charge is 0.314 e. The highest BCUT2D eigenvalue weighted by atomic mass is 16.7. The molecule has 0 unspecified atom stereocenters. The first-order valence-electron chi connectivity index (χ1n) is 15.1. The topological polar surface area (TPSA) is 125 Å². The van der Waals surface area contributed by atoms with E-state index in [0.717, 1.165) is 21.8 Å². The summed E-state index contributed by atoms with van der Waals surface area (Å²) in [6, 6.07) is 28.5. The van der Waals surface area contributed by atoms with Crippen LogP contribution in [0.1, 0.15) is 16.7 Å². The summed E-state index contributed by atoms with van der Waals surface area (Å²) >= 11 is 0. The fourth-order valence-corrected chi connectivity index (χ4v) is 4.57. The SMILES string of the molecule is O=C(CN1CCNCCN(CC(=O)N(CC(=O)NOCc2ccccc2)OCc2ccccc2)CC1)NOCc1ccccc1. The molecule has 45 heavy (non-hydrogen) atoms. The van der Waals surface area contributed by atoms with Gasteiger partial charge in [0.25, 0.3) is 17.7 Å². The van der Waals surface area contributed by atoms with E-state index in [2.05, 4.69) is 16.3 Å². The van der Waals surface area contributed by atoms with Gasteiger partial charge in [-0.2, -0.15) is 0 Å². The lowest BCUT2D eigenvalue weighted by Gasteiger charge is -2.27. The second-order valence-electron chi connectivity index (χ2n) is 10.6. The van der Waals surface area contributed by atoms with Gasteiger partial charge in [0.1, 0.15) is 13.2 Å². The molecule has 3 N–H and O–H groups in total. The third-order valence-electron chi connectivity index (χ3n) is 7.00. The molecule has 0 atom stereocenters. The Kier molecular flexibility index (Phi) is 14.4. The highest BCUT2D eigenvalue weighted by Crippen LogP contribution is 2.06. The van der Waals surface area contributed by atoms with Crippen molar-refractivity contribution < 1.29 is 28.9 Å². The minimum atomic E-state index is -0.509. The molecule has 1 saturated heterocycles. The van der Waals surface area contributed by atoms with Crippen molar-refractivity contribution in [2.45, 2.75) is 19.8 Å². The van der Waals surface area contributed by atoms with Crippen LogP contribution < -0.4 is 16.3 Å². The van der Waals surface area contributed by atoms with E-state index in [1.807, 2.05) is 101 Å². The van der Waals surface area contributed by atoms with Gasteiger partial charge in [-0.25, -0.2) is 16.0 Å². The third-order valence-corrected chi connectivity index (χ3v) is 7.00. The van der Waals surface area contributed by atoms with Crippen molar-refractivity contribution in [1.29, 1.82) is 0 Å². The number of rotatable bonds is 15. The summed E-state index contributed by atoms with van der Waals surface area (Å²) in [5, 5.41) is 4.45. The van der Waals surface area contributed by atoms with E-state index in [9.17, 15) is 14.4 Å². The van der Waals surface area contributed by atoms with Crippen LogP contribution in [-0.2, 0) is 48.7 Å². The molecule has 0 aliphatic carbocycles. The van der Waals surface area contributed by atoms with Crippen molar-refractivity contribution in [3.05, 3.63) is 108 Å². The molecule has 0 radical (unpaired) electrons. The molecule has 3 amide bonds. The second kappa shape index (κ2) is 19.3. The normalized spacial score (nSPS) is 14.5. The zero-order valence-electron chi connectivity index (χ0n) is 25.4. The first kappa shape index (κ1) is 33.7. The monoisotopic (exact) mass is 618 g/mol. The van der Waals surface area contributed by atoms with Crippen LogP contribution in [-0.4, -0.2) is 91.5 Å². The van der Waals surface area contributed by atoms with Gasteiger partial charge < -0.3 is 5.32 Å². The van der Waals surface area contributed by atoms with E-state index in [0.29, 0.717) is 39.3 Å². The number of nitrogens with zero attached hydrogens (tertiary/aromatic N) is 3. The third kappa shape index (κ3) is 13.2. The highest BCUT2D eigenvalue weighted by Gasteiger charge is 2.23. The van der Waals surface area contributed by atoms with E-state index in [1.165, 1.54) is 0 Å². The molecular weight excluding hydrogens is 576 g/mol. The predicted octanol–water partition coefficient (Wildman–Crippen LogP) is 1.65. The number of hydrogen-bond acceptors (Lipinski definition) is 9. The molecule has 1 aliphatic rings. The van der Waals surface area contributed by atoms with Gasteiger partial charge >= 0.3 is 0 Å². The number of carbonyl (C=O) groups excluding carboxylic acids is 3. The number of nitrogens with one attached hydrogen (secondary N) is 3. The Balaban J connectivity index is 1.27. The molecular formula is C33H42N6O6. The first-order chi connectivity index (χ1) is 22.0. The number of carbonyl (C=O) groups is 3. The molecule has 0 aromatic heterocycles. The Hall–Kier alpha value is -4.17. The average Bonchev–Trinajstić information content (AvgIpc) is 3.16. The molecule has 1 heterocycles. The smallest absolute Gasteiger partial charge is 0.265 e. The Morgan fingerprint density at radius 3 is 1.62 bits per heavy atom. The van der Waals surface area contributed by atoms with Crippen molar-refractivity contribution in [2.24, 2.45) is 0 Å². The van der Waals surface area contributed by atoms with E-state index >= 15 is 0 Å². The van der Waals surface area contributed by atoms with Gasteiger partial charge in [0, 0.05) is 39.3 Å². The molecule has 240 valence electrons. The fourth-order valence-electron chi connectivity index (χ4n) is 4.57. The number of amides is 3. The molecule has 0 spiro atoms. The average molecular weight is 619 g/mol. The van der Waals surface area contributed by atoms with Crippen molar-refractivity contribution in [3.63, 3.8) is 0 Å². The van der Waals surface area contributed by atoms with Crippen LogP contribution >= 0.6 is 0 Å². The maximum absolute atomic E-state index is 13.5. The fraction of sp³-hybridized carbons (Fsp3) is 0.364. The van der Waals surface area contributed by atoms with Gasteiger partial charge in [-0.05, 0) is 16.7 Å². The van der Waals surface area contributed by atoms with Crippen molar-refractivity contribution in [3.8, 4) is 0 Å². The van der Waals surface area contributed by atoms with Crippen LogP contribution in [0.25, 0.3) is 0 Å². The van der Waals surface area contributed by atoms with Gasteiger partial charge in [0.2, 0.25) is 0 Å². The molecule has 0 saturated carbocycles. The van der Waals surface area contributed by atoms with E-state index in [4.69, 9.17) is 14.5 Å². The molecule has 3 aromatic rings.